The molecule has 0 unspecified atom stereocenters. The van der Waals surface area contributed by atoms with Crippen LogP contribution in [0.25, 0.3) is 10.1 Å². The molecule has 0 spiro atoms. The predicted molar refractivity (Wildman–Crippen MR) is 91.0 cm³/mol. The maximum Gasteiger partial charge on any atom is 0.222 e. The standard InChI is InChI=1S/C18H22N2OS/c1-2-18(21)19-10-14-7-8-15(11-19)20(14)12-16-9-13-5-3-4-6-17(13)22-16/h3-6,9,14-15H,2,7-8,10-12H2,1H3/t14-,15+. The van der Waals surface area contributed by atoms with Crippen LogP contribution < -0.4 is 0 Å². The Morgan fingerprint density at radius 3 is 2.64 bits per heavy atom. The molecule has 4 rings (SSSR count). The van der Waals surface area contributed by atoms with E-state index >= 15 is 0 Å². The number of rotatable bonds is 3. The first-order chi connectivity index (χ1) is 10.7. The number of hydrogen-bond acceptors (Lipinski definition) is 3. The molecule has 2 aromatic rings. The fourth-order valence-electron chi connectivity index (χ4n) is 3.97. The Bertz CT molecular complexity index is 648. The number of amides is 1. The van der Waals surface area contributed by atoms with E-state index in [1.165, 1.54) is 27.8 Å². The van der Waals surface area contributed by atoms with Crippen molar-refractivity contribution in [1.29, 1.82) is 0 Å². The first-order valence-electron chi connectivity index (χ1n) is 8.25. The third kappa shape index (κ3) is 2.44. The normalized spacial score (nSPS) is 25.0. The van der Waals surface area contributed by atoms with E-state index in [9.17, 15) is 4.79 Å². The van der Waals surface area contributed by atoms with Crippen LogP contribution in [0.1, 0.15) is 31.1 Å². The molecule has 1 aromatic carbocycles. The largest absolute Gasteiger partial charge is 0.340 e. The minimum absolute atomic E-state index is 0.318. The highest BCUT2D eigenvalue weighted by Gasteiger charge is 2.40. The van der Waals surface area contributed by atoms with Crippen molar-refractivity contribution >= 4 is 27.3 Å². The monoisotopic (exact) mass is 314 g/mol. The van der Waals surface area contributed by atoms with Crippen molar-refractivity contribution in [3.8, 4) is 0 Å². The Balaban J connectivity index is 1.51. The summed E-state index contributed by atoms with van der Waals surface area (Å²) in [5.41, 5.74) is 0. The van der Waals surface area contributed by atoms with Gasteiger partial charge in [0, 0.05) is 47.7 Å². The lowest BCUT2D eigenvalue weighted by Crippen LogP contribution is -2.54. The Kier molecular flexibility index (Phi) is 3.66. The quantitative estimate of drug-likeness (QED) is 0.866. The maximum absolute atomic E-state index is 12.0. The number of benzene rings is 1. The second-order valence-electron chi connectivity index (χ2n) is 6.46. The summed E-state index contributed by atoms with van der Waals surface area (Å²) in [5.74, 6) is 0.318. The number of nitrogens with zero attached hydrogens (tertiary/aromatic N) is 2. The summed E-state index contributed by atoms with van der Waals surface area (Å²) in [6, 6.07) is 12.1. The van der Waals surface area contributed by atoms with Crippen LogP contribution in [0.4, 0.5) is 0 Å². The van der Waals surface area contributed by atoms with E-state index in [2.05, 4.69) is 40.1 Å². The Labute approximate surface area is 135 Å². The molecule has 0 radical (unpaired) electrons. The summed E-state index contributed by atoms with van der Waals surface area (Å²) in [4.78, 5) is 18.2. The molecule has 2 bridgehead atoms. The van der Waals surface area contributed by atoms with Crippen molar-refractivity contribution in [2.75, 3.05) is 13.1 Å². The number of fused-ring (bicyclic) bond motifs is 3. The molecular weight excluding hydrogens is 292 g/mol. The predicted octanol–water partition coefficient (Wildman–Crippen LogP) is 3.49. The minimum atomic E-state index is 0.318. The summed E-state index contributed by atoms with van der Waals surface area (Å²) in [6.07, 6.45) is 3.11. The van der Waals surface area contributed by atoms with Gasteiger partial charge in [0.05, 0.1) is 0 Å². The summed E-state index contributed by atoms with van der Waals surface area (Å²) in [7, 11) is 0. The van der Waals surface area contributed by atoms with Crippen LogP contribution >= 0.6 is 11.3 Å². The van der Waals surface area contributed by atoms with Crippen molar-refractivity contribution in [3.63, 3.8) is 0 Å². The molecule has 1 aromatic heterocycles. The molecule has 0 N–H and O–H groups in total. The molecule has 2 atom stereocenters. The Morgan fingerprint density at radius 2 is 1.95 bits per heavy atom. The molecule has 116 valence electrons. The molecule has 22 heavy (non-hydrogen) atoms. The van der Waals surface area contributed by atoms with Crippen molar-refractivity contribution in [2.45, 2.75) is 44.8 Å². The number of likely N-dealkylation sites (tertiary alicyclic amines) is 1. The lowest BCUT2D eigenvalue weighted by molar-refractivity contribution is -0.134. The number of carbonyl (C=O) groups excluding carboxylic acids is 1. The lowest BCUT2D eigenvalue weighted by Gasteiger charge is -2.40. The molecule has 3 nitrogen and oxygen atoms in total. The van der Waals surface area contributed by atoms with Crippen molar-refractivity contribution in [2.24, 2.45) is 0 Å². The van der Waals surface area contributed by atoms with Crippen LogP contribution in [0, 0.1) is 0 Å². The zero-order valence-electron chi connectivity index (χ0n) is 13.0. The van der Waals surface area contributed by atoms with E-state index < -0.39 is 0 Å². The zero-order chi connectivity index (χ0) is 15.1. The molecule has 4 heteroatoms. The van der Waals surface area contributed by atoms with Gasteiger partial charge in [0.1, 0.15) is 0 Å². The van der Waals surface area contributed by atoms with Gasteiger partial charge in [0.25, 0.3) is 0 Å². The summed E-state index contributed by atoms with van der Waals surface area (Å²) in [6.45, 7) is 4.86. The lowest BCUT2D eigenvalue weighted by atomic mass is 10.1. The van der Waals surface area contributed by atoms with E-state index in [1.807, 2.05) is 18.3 Å². The fraction of sp³-hybridized carbons (Fsp3) is 0.500. The van der Waals surface area contributed by atoms with Gasteiger partial charge in [-0.05, 0) is 30.4 Å². The van der Waals surface area contributed by atoms with Crippen molar-refractivity contribution < 1.29 is 4.79 Å². The second-order valence-corrected chi connectivity index (χ2v) is 7.63. The number of hydrogen-bond donors (Lipinski definition) is 0. The second kappa shape index (κ2) is 5.67. The van der Waals surface area contributed by atoms with Crippen LogP contribution in [0.3, 0.4) is 0 Å². The molecule has 0 saturated carbocycles. The minimum Gasteiger partial charge on any atom is -0.340 e. The van der Waals surface area contributed by atoms with Crippen molar-refractivity contribution in [1.82, 2.24) is 9.80 Å². The number of carbonyl (C=O) groups is 1. The molecule has 0 aliphatic carbocycles. The molecular formula is C18H22N2OS. The van der Waals surface area contributed by atoms with Gasteiger partial charge in [-0.15, -0.1) is 11.3 Å². The molecule has 1 amide bonds. The van der Waals surface area contributed by atoms with Crippen LogP contribution in [-0.2, 0) is 11.3 Å². The van der Waals surface area contributed by atoms with E-state index in [-0.39, 0.29) is 0 Å². The van der Waals surface area contributed by atoms with Gasteiger partial charge < -0.3 is 4.90 Å². The van der Waals surface area contributed by atoms with Gasteiger partial charge >= 0.3 is 0 Å². The molecule has 3 heterocycles. The van der Waals surface area contributed by atoms with Gasteiger partial charge in [0.15, 0.2) is 0 Å². The van der Waals surface area contributed by atoms with Crippen LogP contribution in [0.2, 0.25) is 0 Å². The molecule has 2 aliphatic heterocycles. The highest BCUT2D eigenvalue weighted by molar-refractivity contribution is 7.19. The Morgan fingerprint density at radius 1 is 1.23 bits per heavy atom. The van der Waals surface area contributed by atoms with E-state index in [4.69, 9.17) is 0 Å². The summed E-state index contributed by atoms with van der Waals surface area (Å²) >= 11 is 1.91. The van der Waals surface area contributed by atoms with Crippen molar-refractivity contribution in [3.05, 3.63) is 35.2 Å². The third-order valence-electron chi connectivity index (χ3n) is 5.10. The van der Waals surface area contributed by atoms with E-state index in [0.717, 1.165) is 19.6 Å². The van der Waals surface area contributed by atoms with E-state index in [1.54, 1.807) is 0 Å². The summed E-state index contributed by atoms with van der Waals surface area (Å²) in [5, 5.41) is 1.36. The first-order valence-corrected chi connectivity index (χ1v) is 9.07. The highest BCUT2D eigenvalue weighted by atomic mass is 32.1. The smallest absolute Gasteiger partial charge is 0.222 e. The maximum atomic E-state index is 12.0. The van der Waals surface area contributed by atoms with Gasteiger partial charge in [-0.1, -0.05) is 25.1 Å². The fourth-order valence-corrected chi connectivity index (χ4v) is 5.04. The van der Waals surface area contributed by atoms with Gasteiger partial charge in [0.2, 0.25) is 5.91 Å². The first kappa shape index (κ1) is 14.2. The highest BCUT2D eigenvalue weighted by Crippen LogP contribution is 2.34. The van der Waals surface area contributed by atoms with Crippen LogP contribution in [0.5, 0.6) is 0 Å². The number of piperazine rings is 1. The van der Waals surface area contributed by atoms with Gasteiger partial charge in [-0.3, -0.25) is 9.69 Å². The number of thiophene rings is 1. The topological polar surface area (TPSA) is 23.6 Å². The average Bonchev–Trinajstić information content (AvgIpc) is 3.03. The molecule has 2 aliphatic rings. The van der Waals surface area contributed by atoms with Gasteiger partial charge in [-0.2, -0.15) is 0 Å². The van der Waals surface area contributed by atoms with Crippen LogP contribution in [0.15, 0.2) is 30.3 Å². The third-order valence-corrected chi connectivity index (χ3v) is 6.20. The Hall–Kier alpha value is -1.39. The van der Waals surface area contributed by atoms with Gasteiger partial charge in [-0.25, -0.2) is 0 Å². The molecule has 2 fully saturated rings. The molecule has 2 saturated heterocycles. The SMILES string of the molecule is CCC(=O)N1C[C@H]2CC[C@@H](C1)N2Cc1cc2ccccc2s1. The zero-order valence-corrected chi connectivity index (χ0v) is 13.8. The summed E-state index contributed by atoms with van der Waals surface area (Å²) < 4.78 is 1.38. The average molecular weight is 314 g/mol. The van der Waals surface area contributed by atoms with E-state index in [0.29, 0.717) is 24.4 Å². The van der Waals surface area contributed by atoms with Crippen LogP contribution in [-0.4, -0.2) is 40.9 Å².